The molecule has 4 heteroatoms. The fourth-order valence-corrected chi connectivity index (χ4v) is 4.64. The first-order valence-electron chi connectivity index (χ1n) is 8.72. The largest absolute Gasteiger partial charge is 0.550 e. The number of hydrogen-bond donors (Lipinski definition) is 1. The molecule has 4 atom stereocenters. The molecule has 2 aliphatic rings. The number of carboxylic acids is 1. The predicted molar refractivity (Wildman–Crippen MR) is 91.0 cm³/mol. The molecule has 4 nitrogen and oxygen atoms in total. The fraction of sp³-hybridized carbons (Fsp3) is 0.500. The lowest BCUT2D eigenvalue weighted by Crippen LogP contribution is -2.43. The Morgan fingerprint density at radius 1 is 1.08 bits per heavy atom. The van der Waals surface area contributed by atoms with E-state index in [9.17, 15) is 14.7 Å². The Labute approximate surface area is 143 Å². The summed E-state index contributed by atoms with van der Waals surface area (Å²) in [5.74, 6) is -2.52. The number of carbonyl (C=O) groups is 2. The van der Waals surface area contributed by atoms with Crippen LogP contribution in [0.3, 0.4) is 0 Å². The predicted octanol–water partition coefficient (Wildman–Crippen LogP) is 2.55. The molecular formula is C20H24NO3-. The summed E-state index contributed by atoms with van der Waals surface area (Å²) in [6, 6.07) is 7.71. The Kier molecular flexibility index (Phi) is 4.48. The smallest absolute Gasteiger partial charge is 0.228 e. The molecule has 0 saturated heterocycles. The first kappa shape index (κ1) is 16.7. The van der Waals surface area contributed by atoms with Gasteiger partial charge < -0.3 is 15.2 Å². The molecule has 0 heterocycles. The van der Waals surface area contributed by atoms with Gasteiger partial charge in [0.15, 0.2) is 0 Å². The zero-order valence-corrected chi connectivity index (χ0v) is 14.5. The average molecular weight is 326 g/mol. The van der Waals surface area contributed by atoms with Crippen molar-refractivity contribution in [3.63, 3.8) is 0 Å². The van der Waals surface area contributed by atoms with Crippen LogP contribution < -0.4 is 10.4 Å². The highest BCUT2D eigenvalue weighted by Crippen LogP contribution is 2.57. The summed E-state index contributed by atoms with van der Waals surface area (Å²) in [7, 11) is 0. The van der Waals surface area contributed by atoms with E-state index >= 15 is 0 Å². The maximum Gasteiger partial charge on any atom is 0.228 e. The van der Waals surface area contributed by atoms with E-state index in [1.54, 1.807) is 0 Å². The molecule has 0 aliphatic heterocycles. The minimum atomic E-state index is -1.09. The number of amides is 1. The zero-order valence-electron chi connectivity index (χ0n) is 14.5. The Morgan fingerprint density at radius 3 is 2.17 bits per heavy atom. The minimum absolute atomic E-state index is 0.0387. The van der Waals surface area contributed by atoms with E-state index in [1.807, 2.05) is 38.1 Å². The Morgan fingerprint density at radius 2 is 1.67 bits per heavy atom. The number of aliphatic carboxylic acids is 1. The third kappa shape index (κ3) is 2.74. The van der Waals surface area contributed by atoms with Crippen LogP contribution in [0.4, 0.5) is 5.69 Å². The van der Waals surface area contributed by atoms with Crippen molar-refractivity contribution in [2.45, 2.75) is 40.0 Å². The van der Waals surface area contributed by atoms with Gasteiger partial charge in [-0.05, 0) is 62.6 Å². The van der Waals surface area contributed by atoms with Gasteiger partial charge in [-0.1, -0.05) is 30.2 Å². The first-order valence-corrected chi connectivity index (χ1v) is 8.72. The zero-order chi connectivity index (χ0) is 17.4. The number of carboxylic acid groups (broad SMARTS) is 1. The van der Waals surface area contributed by atoms with E-state index in [2.05, 4.69) is 12.2 Å². The van der Waals surface area contributed by atoms with Gasteiger partial charge >= 0.3 is 0 Å². The highest BCUT2D eigenvalue weighted by atomic mass is 16.4. The van der Waals surface area contributed by atoms with Crippen LogP contribution in [0, 0.1) is 23.7 Å². The van der Waals surface area contributed by atoms with Gasteiger partial charge in [0, 0.05) is 17.6 Å². The highest BCUT2D eigenvalue weighted by Gasteiger charge is 2.54. The van der Waals surface area contributed by atoms with Crippen molar-refractivity contribution in [1.82, 2.24) is 0 Å². The van der Waals surface area contributed by atoms with Crippen molar-refractivity contribution >= 4 is 17.6 Å². The van der Waals surface area contributed by atoms with Gasteiger partial charge in [0.2, 0.25) is 5.91 Å². The molecule has 0 spiro atoms. The van der Waals surface area contributed by atoms with E-state index in [1.165, 1.54) is 11.1 Å². The van der Waals surface area contributed by atoms with Crippen LogP contribution in [0.15, 0.2) is 35.4 Å². The van der Waals surface area contributed by atoms with Gasteiger partial charge in [-0.2, -0.15) is 0 Å². The molecule has 1 aromatic rings. The number of benzene rings is 1. The lowest BCUT2D eigenvalue weighted by atomic mass is 9.78. The number of nitrogens with one attached hydrogen (secondary N) is 1. The van der Waals surface area contributed by atoms with Gasteiger partial charge in [0.05, 0.1) is 5.92 Å². The monoisotopic (exact) mass is 326 g/mol. The maximum absolute atomic E-state index is 12.8. The van der Waals surface area contributed by atoms with Crippen molar-refractivity contribution in [2.24, 2.45) is 23.7 Å². The van der Waals surface area contributed by atoms with E-state index < -0.39 is 17.8 Å². The van der Waals surface area contributed by atoms with Gasteiger partial charge in [0.25, 0.3) is 0 Å². The number of aryl methyl sites for hydroxylation is 1. The molecule has 128 valence electrons. The summed E-state index contributed by atoms with van der Waals surface area (Å²) >= 11 is 0. The molecular weight excluding hydrogens is 302 g/mol. The van der Waals surface area contributed by atoms with E-state index in [0.717, 1.165) is 30.5 Å². The molecule has 0 unspecified atom stereocenters. The van der Waals surface area contributed by atoms with E-state index in [-0.39, 0.29) is 17.7 Å². The molecule has 2 bridgehead atoms. The summed E-state index contributed by atoms with van der Waals surface area (Å²) < 4.78 is 0. The standard InChI is InChI=1S/C20H25NO3/c1-4-12-5-7-13(8-6-12)21-19(22)17-14-9-10-15(16(14)11(2)3)18(17)20(23)24/h5-8,14-15,17-18H,4,9-10H2,1-3H3,(H,21,22)(H,23,24)/p-1/t14-,15+,17-,18-/m0/s1. The quantitative estimate of drug-likeness (QED) is 0.865. The Balaban J connectivity index is 1.85. The molecule has 24 heavy (non-hydrogen) atoms. The summed E-state index contributed by atoms with van der Waals surface area (Å²) in [6.45, 7) is 6.10. The highest BCUT2D eigenvalue weighted by molar-refractivity contribution is 5.96. The van der Waals surface area contributed by atoms with Crippen LogP contribution >= 0.6 is 0 Å². The van der Waals surface area contributed by atoms with Gasteiger partial charge in [-0.3, -0.25) is 4.79 Å². The fourth-order valence-electron chi connectivity index (χ4n) is 4.64. The Bertz CT molecular complexity index is 685. The van der Waals surface area contributed by atoms with Crippen molar-refractivity contribution in [3.05, 3.63) is 41.0 Å². The third-order valence-corrected chi connectivity index (χ3v) is 5.62. The lowest BCUT2D eigenvalue weighted by molar-refractivity contribution is -0.314. The van der Waals surface area contributed by atoms with Gasteiger partial charge in [-0.25, -0.2) is 0 Å². The van der Waals surface area contributed by atoms with Crippen molar-refractivity contribution in [3.8, 4) is 0 Å². The molecule has 2 fully saturated rings. The topological polar surface area (TPSA) is 69.2 Å². The number of anilines is 1. The molecule has 0 aromatic heterocycles. The molecule has 2 saturated carbocycles. The molecule has 1 aromatic carbocycles. The number of rotatable bonds is 4. The molecule has 1 amide bonds. The molecule has 2 aliphatic carbocycles. The number of hydrogen-bond acceptors (Lipinski definition) is 3. The van der Waals surface area contributed by atoms with Crippen molar-refractivity contribution in [1.29, 1.82) is 0 Å². The number of allylic oxidation sites excluding steroid dienone is 2. The molecule has 1 N–H and O–H groups in total. The Hall–Kier alpha value is -2.10. The second kappa shape index (κ2) is 6.42. The summed E-state index contributed by atoms with van der Waals surface area (Å²) in [6.07, 6.45) is 2.68. The van der Waals surface area contributed by atoms with Crippen LogP contribution in [0.2, 0.25) is 0 Å². The second-order valence-electron chi connectivity index (χ2n) is 7.16. The third-order valence-electron chi connectivity index (χ3n) is 5.62. The SMILES string of the molecule is CCc1ccc(NC(=O)[C@@H]2[C@@H](C(=O)[O-])[C@@H]3CC[C@H]2C3=C(C)C)cc1. The summed E-state index contributed by atoms with van der Waals surface area (Å²) in [4.78, 5) is 24.5. The summed E-state index contributed by atoms with van der Waals surface area (Å²) in [5, 5.41) is 14.6. The van der Waals surface area contributed by atoms with Crippen LogP contribution in [0.5, 0.6) is 0 Å². The van der Waals surface area contributed by atoms with Crippen molar-refractivity contribution in [2.75, 3.05) is 5.32 Å². The molecule has 3 rings (SSSR count). The van der Waals surface area contributed by atoms with Crippen molar-refractivity contribution < 1.29 is 14.7 Å². The number of fused-ring (bicyclic) bond motifs is 2. The van der Waals surface area contributed by atoms with Gasteiger partial charge in [-0.15, -0.1) is 0 Å². The van der Waals surface area contributed by atoms with E-state index in [4.69, 9.17) is 0 Å². The first-order chi connectivity index (χ1) is 11.4. The van der Waals surface area contributed by atoms with Gasteiger partial charge in [0.1, 0.15) is 0 Å². The average Bonchev–Trinajstić information content (AvgIpc) is 3.11. The second-order valence-corrected chi connectivity index (χ2v) is 7.16. The normalized spacial score (nSPS) is 28.0. The van der Waals surface area contributed by atoms with Crippen LogP contribution in [0.25, 0.3) is 0 Å². The summed E-state index contributed by atoms with van der Waals surface area (Å²) in [5.41, 5.74) is 4.24. The minimum Gasteiger partial charge on any atom is -0.550 e. The van der Waals surface area contributed by atoms with E-state index in [0.29, 0.717) is 0 Å². The maximum atomic E-state index is 12.8. The molecule has 0 radical (unpaired) electrons. The van der Waals surface area contributed by atoms with Crippen LogP contribution in [-0.2, 0) is 16.0 Å². The lowest BCUT2D eigenvalue weighted by Gasteiger charge is -2.30. The number of carbonyl (C=O) groups excluding carboxylic acids is 2. The van der Waals surface area contributed by atoms with Crippen LogP contribution in [-0.4, -0.2) is 11.9 Å². The van der Waals surface area contributed by atoms with Crippen LogP contribution in [0.1, 0.15) is 39.2 Å².